The van der Waals surface area contributed by atoms with Crippen LogP contribution in [0.1, 0.15) is 43.0 Å². The van der Waals surface area contributed by atoms with Gasteiger partial charge in [-0.05, 0) is 63.1 Å². The van der Waals surface area contributed by atoms with Crippen molar-refractivity contribution >= 4 is 23.1 Å². The number of methoxy groups -OCH3 is 1. The van der Waals surface area contributed by atoms with Crippen LogP contribution in [0.2, 0.25) is 0 Å². The summed E-state index contributed by atoms with van der Waals surface area (Å²) in [6, 6.07) is 10.1. The average molecular weight is 462 g/mol. The van der Waals surface area contributed by atoms with Crippen LogP contribution in [0.15, 0.2) is 42.5 Å². The number of anilines is 1. The van der Waals surface area contributed by atoms with E-state index in [1.165, 1.54) is 32.2 Å². The standard InChI is InChI=1S/C28H25F2NO3/c1-14-6-7-16(26(30)25(14)29)12-21-23-17(24-20(34-21)11-10-19(32)27(24)33-5)8-9-18-22(23)15(2)13-28(3,4)31-18/h6-13,31-32H,1-5H3/b21-12-. The van der Waals surface area contributed by atoms with Gasteiger partial charge in [-0.2, -0.15) is 0 Å². The zero-order valence-electron chi connectivity index (χ0n) is 19.6. The summed E-state index contributed by atoms with van der Waals surface area (Å²) in [6.45, 7) is 7.69. The van der Waals surface area contributed by atoms with Gasteiger partial charge in [0.05, 0.1) is 18.2 Å². The Kier molecular flexibility index (Phi) is 4.93. The molecule has 3 aromatic carbocycles. The van der Waals surface area contributed by atoms with Gasteiger partial charge in [0.25, 0.3) is 0 Å². The molecule has 0 bridgehead atoms. The summed E-state index contributed by atoms with van der Waals surface area (Å²) in [5.41, 5.74) is 4.95. The molecule has 0 aliphatic carbocycles. The number of hydrogen-bond acceptors (Lipinski definition) is 4. The molecular formula is C28H25F2NO3. The maximum Gasteiger partial charge on any atom is 0.172 e. The Morgan fingerprint density at radius 3 is 2.47 bits per heavy atom. The van der Waals surface area contributed by atoms with Crippen LogP contribution in [0.3, 0.4) is 0 Å². The molecule has 3 aromatic rings. The molecule has 0 fully saturated rings. The van der Waals surface area contributed by atoms with Crippen LogP contribution >= 0.6 is 0 Å². The summed E-state index contributed by atoms with van der Waals surface area (Å²) >= 11 is 0. The number of fused-ring (bicyclic) bond motifs is 5. The SMILES string of the molecule is COc1c(O)ccc2c1-c1ccc3c(c1/C(=C/c1ccc(C)c(F)c1F)O2)C(C)=CC(C)(C)N3. The van der Waals surface area contributed by atoms with E-state index < -0.39 is 11.6 Å². The Hall–Kier alpha value is -3.80. The number of ether oxygens (including phenoxy) is 2. The normalized spacial score (nSPS) is 16.6. The molecule has 2 aliphatic rings. The van der Waals surface area contributed by atoms with Crippen LogP contribution in [0.25, 0.3) is 28.5 Å². The van der Waals surface area contributed by atoms with E-state index in [1.54, 1.807) is 12.1 Å². The van der Waals surface area contributed by atoms with E-state index in [9.17, 15) is 13.9 Å². The van der Waals surface area contributed by atoms with E-state index in [-0.39, 0.29) is 28.2 Å². The highest BCUT2D eigenvalue weighted by atomic mass is 19.2. The van der Waals surface area contributed by atoms with Gasteiger partial charge in [-0.3, -0.25) is 0 Å². The minimum absolute atomic E-state index is 0.0147. The highest BCUT2D eigenvalue weighted by Crippen LogP contribution is 2.54. The largest absolute Gasteiger partial charge is 0.504 e. The predicted molar refractivity (Wildman–Crippen MR) is 131 cm³/mol. The topological polar surface area (TPSA) is 50.7 Å². The van der Waals surface area contributed by atoms with Gasteiger partial charge in [0.2, 0.25) is 0 Å². The van der Waals surface area contributed by atoms with Crippen LogP contribution in [0, 0.1) is 18.6 Å². The van der Waals surface area contributed by atoms with Gasteiger partial charge in [0.15, 0.2) is 23.1 Å². The summed E-state index contributed by atoms with van der Waals surface area (Å²) in [6.07, 6.45) is 3.64. The van der Waals surface area contributed by atoms with Crippen molar-refractivity contribution in [2.75, 3.05) is 12.4 Å². The smallest absolute Gasteiger partial charge is 0.172 e. The monoisotopic (exact) mass is 461 g/mol. The number of aryl methyl sites for hydroxylation is 1. The molecule has 0 spiro atoms. The van der Waals surface area contributed by atoms with Gasteiger partial charge in [-0.15, -0.1) is 0 Å². The quantitative estimate of drug-likeness (QED) is 0.425. The highest BCUT2D eigenvalue weighted by Gasteiger charge is 2.33. The number of halogens is 2. The van der Waals surface area contributed by atoms with Gasteiger partial charge < -0.3 is 19.9 Å². The van der Waals surface area contributed by atoms with Crippen LogP contribution in [0.5, 0.6) is 17.2 Å². The number of benzene rings is 3. The van der Waals surface area contributed by atoms with Crippen molar-refractivity contribution in [2.45, 2.75) is 33.2 Å². The van der Waals surface area contributed by atoms with Crippen LogP contribution in [0.4, 0.5) is 14.5 Å². The Morgan fingerprint density at radius 2 is 1.74 bits per heavy atom. The zero-order valence-corrected chi connectivity index (χ0v) is 19.6. The number of aromatic hydroxyl groups is 1. The van der Waals surface area contributed by atoms with Crippen molar-refractivity contribution in [1.82, 2.24) is 0 Å². The lowest BCUT2D eigenvalue weighted by Crippen LogP contribution is -2.32. The fourth-order valence-electron chi connectivity index (χ4n) is 4.86. The second kappa shape index (κ2) is 7.62. The molecule has 0 aromatic heterocycles. The van der Waals surface area contributed by atoms with E-state index >= 15 is 0 Å². The van der Waals surface area contributed by atoms with Crippen molar-refractivity contribution in [1.29, 1.82) is 0 Å². The van der Waals surface area contributed by atoms with Crippen molar-refractivity contribution in [3.63, 3.8) is 0 Å². The number of nitrogens with one attached hydrogen (secondary N) is 1. The molecule has 4 nitrogen and oxygen atoms in total. The first-order chi connectivity index (χ1) is 16.1. The van der Waals surface area contributed by atoms with E-state index in [4.69, 9.17) is 9.47 Å². The molecule has 5 rings (SSSR count). The molecule has 0 saturated carbocycles. The van der Waals surface area contributed by atoms with E-state index in [2.05, 4.69) is 25.2 Å². The lowest BCUT2D eigenvalue weighted by atomic mass is 9.82. The Labute approximate surface area is 197 Å². The molecule has 0 unspecified atom stereocenters. The van der Waals surface area contributed by atoms with Crippen molar-refractivity contribution in [2.24, 2.45) is 0 Å². The van der Waals surface area contributed by atoms with E-state index in [0.717, 1.165) is 22.4 Å². The molecular weight excluding hydrogens is 436 g/mol. The molecule has 34 heavy (non-hydrogen) atoms. The number of phenols is 1. The Morgan fingerprint density at radius 1 is 0.971 bits per heavy atom. The maximum absolute atomic E-state index is 14.8. The third-order valence-corrected chi connectivity index (χ3v) is 6.26. The fraction of sp³-hybridized carbons (Fsp3) is 0.214. The first-order valence-electron chi connectivity index (χ1n) is 11.0. The van der Waals surface area contributed by atoms with E-state index in [0.29, 0.717) is 22.6 Å². The summed E-state index contributed by atoms with van der Waals surface area (Å²) in [4.78, 5) is 0. The molecule has 174 valence electrons. The Bertz CT molecular complexity index is 1420. The molecule has 2 heterocycles. The third kappa shape index (κ3) is 3.33. The number of allylic oxidation sites excluding steroid dienone is 1. The van der Waals surface area contributed by atoms with Gasteiger partial charge in [-0.25, -0.2) is 8.78 Å². The number of phenolic OH excluding ortho intramolecular Hbond substituents is 1. The molecule has 2 N–H and O–H groups in total. The lowest BCUT2D eigenvalue weighted by Gasteiger charge is -2.35. The first-order valence-corrected chi connectivity index (χ1v) is 11.0. The molecule has 0 saturated heterocycles. The zero-order chi connectivity index (χ0) is 24.4. The predicted octanol–water partition coefficient (Wildman–Crippen LogP) is 7.15. The fourth-order valence-corrected chi connectivity index (χ4v) is 4.86. The summed E-state index contributed by atoms with van der Waals surface area (Å²) in [7, 11) is 1.48. The highest BCUT2D eigenvalue weighted by molar-refractivity contribution is 6.02. The minimum atomic E-state index is -0.928. The summed E-state index contributed by atoms with van der Waals surface area (Å²) in [5, 5.41) is 14.0. The molecule has 0 amide bonds. The second-order valence-corrected chi connectivity index (χ2v) is 9.29. The Balaban J connectivity index is 1.85. The van der Waals surface area contributed by atoms with Crippen LogP contribution < -0.4 is 14.8 Å². The third-order valence-electron chi connectivity index (χ3n) is 6.26. The van der Waals surface area contributed by atoms with Gasteiger partial charge in [-0.1, -0.05) is 24.3 Å². The van der Waals surface area contributed by atoms with Crippen LogP contribution in [-0.4, -0.2) is 17.8 Å². The molecule has 0 radical (unpaired) electrons. The number of hydrogen-bond donors (Lipinski definition) is 2. The van der Waals surface area contributed by atoms with Crippen molar-refractivity contribution < 1.29 is 23.4 Å². The lowest BCUT2D eigenvalue weighted by molar-refractivity contribution is 0.371. The summed E-state index contributed by atoms with van der Waals surface area (Å²) in [5.74, 6) is -0.708. The average Bonchev–Trinajstić information content (AvgIpc) is 2.78. The van der Waals surface area contributed by atoms with Crippen molar-refractivity contribution in [3.8, 4) is 28.4 Å². The van der Waals surface area contributed by atoms with E-state index in [1.807, 2.05) is 19.1 Å². The van der Waals surface area contributed by atoms with Gasteiger partial charge in [0.1, 0.15) is 11.5 Å². The number of rotatable bonds is 2. The second-order valence-electron chi connectivity index (χ2n) is 9.29. The van der Waals surface area contributed by atoms with Crippen molar-refractivity contribution in [3.05, 3.63) is 76.4 Å². The first kappa shape index (κ1) is 22.0. The van der Waals surface area contributed by atoms with Crippen LogP contribution in [-0.2, 0) is 0 Å². The molecule has 0 atom stereocenters. The molecule has 6 heteroatoms. The minimum Gasteiger partial charge on any atom is -0.504 e. The maximum atomic E-state index is 14.8. The summed E-state index contributed by atoms with van der Waals surface area (Å²) < 4.78 is 41.0. The molecule has 2 aliphatic heterocycles. The van der Waals surface area contributed by atoms with Gasteiger partial charge >= 0.3 is 0 Å². The van der Waals surface area contributed by atoms with Gasteiger partial charge in [0, 0.05) is 27.9 Å².